The van der Waals surface area contributed by atoms with Crippen molar-refractivity contribution in [1.82, 2.24) is 14.5 Å². The number of amides is 1. The van der Waals surface area contributed by atoms with Gasteiger partial charge in [-0.15, -0.1) is 0 Å². The van der Waals surface area contributed by atoms with Gasteiger partial charge in [-0.1, -0.05) is 45.2 Å². The molecule has 0 aromatic heterocycles. The molecule has 2 aromatic rings. The van der Waals surface area contributed by atoms with E-state index in [-0.39, 0.29) is 23.9 Å². The average molecular weight is 579 g/mol. The second-order valence-electron chi connectivity index (χ2n) is 7.62. The molecule has 0 saturated carbocycles. The van der Waals surface area contributed by atoms with E-state index in [1.165, 1.54) is 12.1 Å². The molecule has 7 nitrogen and oxygen atoms in total. The van der Waals surface area contributed by atoms with E-state index >= 15 is 0 Å². The fraction of sp³-hybridized carbons (Fsp3) is 0.409. The quantitative estimate of drug-likeness (QED) is 0.434. The number of hydrogen-bond acceptors (Lipinski definition) is 5. The van der Waals surface area contributed by atoms with Crippen molar-refractivity contribution < 1.29 is 17.9 Å². The van der Waals surface area contributed by atoms with Gasteiger partial charge in [0.15, 0.2) is 0 Å². The number of halogens is 3. The molecule has 1 aliphatic heterocycles. The SMILES string of the molecule is O=C(CN(Cc1ccc(Cl)cc1Cl)S(=O)(=O)c1ccc(Br)cc1)NCCCN1CCOCC1. The summed E-state index contributed by atoms with van der Waals surface area (Å²) in [5, 5.41) is 3.62. The Balaban J connectivity index is 1.68. The summed E-state index contributed by atoms with van der Waals surface area (Å²) in [7, 11) is -3.95. The molecule has 0 radical (unpaired) electrons. The van der Waals surface area contributed by atoms with Gasteiger partial charge >= 0.3 is 0 Å². The first-order valence-corrected chi connectivity index (χ1v) is 13.5. The molecule has 2 aromatic carbocycles. The third kappa shape index (κ3) is 7.92. The number of sulfonamides is 1. The van der Waals surface area contributed by atoms with E-state index in [2.05, 4.69) is 26.1 Å². The van der Waals surface area contributed by atoms with Gasteiger partial charge in [-0.25, -0.2) is 8.42 Å². The molecule has 3 rings (SSSR count). The van der Waals surface area contributed by atoms with Crippen LogP contribution in [0.2, 0.25) is 10.0 Å². The monoisotopic (exact) mass is 577 g/mol. The van der Waals surface area contributed by atoms with Gasteiger partial charge < -0.3 is 10.1 Å². The number of carbonyl (C=O) groups is 1. The van der Waals surface area contributed by atoms with Crippen molar-refractivity contribution in [3.05, 3.63) is 62.5 Å². The molecule has 0 atom stereocenters. The maximum atomic E-state index is 13.3. The van der Waals surface area contributed by atoms with Crippen LogP contribution in [0.3, 0.4) is 0 Å². The lowest BCUT2D eigenvalue weighted by Gasteiger charge is -2.26. The minimum atomic E-state index is -3.95. The Bertz CT molecular complexity index is 1050. The van der Waals surface area contributed by atoms with E-state index in [0.717, 1.165) is 48.0 Å². The summed E-state index contributed by atoms with van der Waals surface area (Å²) in [6, 6.07) is 11.1. The summed E-state index contributed by atoms with van der Waals surface area (Å²) in [5.74, 6) is -0.372. The number of hydrogen-bond donors (Lipinski definition) is 1. The number of ether oxygens (including phenoxy) is 1. The molecule has 1 heterocycles. The number of morpholine rings is 1. The van der Waals surface area contributed by atoms with E-state index in [9.17, 15) is 13.2 Å². The van der Waals surface area contributed by atoms with Crippen molar-refractivity contribution in [3.63, 3.8) is 0 Å². The first kappa shape index (κ1) is 26.4. The lowest BCUT2D eigenvalue weighted by Crippen LogP contribution is -2.41. The summed E-state index contributed by atoms with van der Waals surface area (Å²) in [6.45, 7) is 4.15. The number of nitrogens with one attached hydrogen (secondary N) is 1. The lowest BCUT2D eigenvalue weighted by molar-refractivity contribution is -0.121. The maximum Gasteiger partial charge on any atom is 0.243 e. The standard InChI is InChI=1S/C22H26BrCl2N3O4S/c23-18-3-6-20(7-4-18)33(30,31)28(15-17-2-5-19(24)14-21(17)25)16-22(29)26-8-1-9-27-10-12-32-13-11-27/h2-7,14H,1,8-13,15-16H2,(H,26,29). The Labute approximate surface area is 213 Å². The molecule has 0 aliphatic carbocycles. The summed E-state index contributed by atoms with van der Waals surface area (Å²) in [6.07, 6.45) is 0.772. The molecule has 1 N–H and O–H groups in total. The van der Waals surface area contributed by atoms with Crippen LogP contribution in [0.5, 0.6) is 0 Å². The van der Waals surface area contributed by atoms with Gasteiger partial charge in [-0.3, -0.25) is 9.69 Å². The number of carbonyl (C=O) groups excluding carboxylic acids is 1. The van der Waals surface area contributed by atoms with Gasteiger partial charge in [0.1, 0.15) is 0 Å². The molecule has 1 aliphatic rings. The van der Waals surface area contributed by atoms with Crippen molar-refractivity contribution in [2.45, 2.75) is 17.9 Å². The van der Waals surface area contributed by atoms with Crippen LogP contribution in [0.4, 0.5) is 0 Å². The average Bonchev–Trinajstić information content (AvgIpc) is 2.79. The highest BCUT2D eigenvalue weighted by Gasteiger charge is 2.27. The normalized spacial score (nSPS) is 15.0. The van der Waals surface area contributed by atoms with Crippen LogP contribution in [0.1, 0.15) is 12.0 Å². The largest absolute Gasteiger partial charge is 0.379 e. The van der Waals surface area contributed by atoms with E-state index in [4.69, 9.17) is 27.9 Å². The third-order valence-electron chi connectivity index (χ3n) is 5.21. The van der Waals surface area contributed by atoms with E-state index in [1.807, 2.05) is 0 Å². The predicted molar refractivity (Wildman–Crippen MR) is 133 cm³/mol. The zero-order chi connectivity index (χ0) is 23.8. The first-order valence-electron chi connectivity index (χ1n) is 10.5. The third-order valence-corrected chi connectivity index (χ3v) is 8.13. The number of nitrogens with zero attached hydrogens (tertiary/aromatic N) is 2. The van der Waals surface area contributed by atoms with Crippen LogP contribution in [-0.4, -0.2) is 69.5 Å². The highest BCUT2D eigenvalue weighted by Crippen LogP contribution is 2.25. The Hall–Kier alpha value is -1.20. The second-order valence-corrected chi connectivity index (χ2v) is 11.3. The van der Waals surface area contributed by atoms with Crippen LogP contribution in [0.25, 0.3) is 0 Å². The molecular formula is C22H26BrCl2N3O4S. The number of rotatable bonds is 10. The number of benzene rings is 2. The fourth-order valence-corrected chi connectivity index (χ4v) is 5.50. The van der Waals surface area contributed by atoms with Crippen LogP contribution in [0, 0.1) is 0 Å². The van der Waals surface area contributed by atoms with Crippen molar-refractivity contribution in [2.24, 2.45) is 0 Å². The Morgan fingerprint density at radius 3 is 2.48 bits per heavy atom. The van der Waals surface area contributed by atoms with Crippen LogP contribution < -0.4 is 5.32 Å². The van der Waals surface area contributed by atoms with Crippen molar-refractivity contribution >= 4 is 55.1 Å². The van der Waals surface area contributed by atoms with Crippen LogP contribution >= 0.6 is 39.1 Å². The predicted octanol–water partition coefficient (Wildman–Crippen LogP) is 3.79. The maximum absolute atomic E-state index is 13.3. The molecule has 0 spiro atoms. The molecular weight excluding hydrogens is 553 g/mol. The van der Waals surface area contributed by atoms with E-state index in [0.29, 0.717) is 22.2 Å². The Morgan fingerprint density at radius 2 is 1.82 bits per heavy atom. The van der Waals surface area contributed by atoms with Gasteiger partial charge in [-0.2, -0.15) is 4.31 Å². The second kappa shape index (κ2) is 12.5. The van der Waals surface area contributed by atoms with Gasteiger partial charge in [0.05, 0.1) is 24.7 Å². The minimum absolute atomic E-state index is 0.0599. The van der Waals surface area contributed by atoms with E-state index in [1.54, 1.807) is 30.3 Å². The molecule has 1 saturated heterocycles. The summed E-state index contributed by atoms with van der Waals surface area (Å²) >= 11 is 15.6. The molecule has 0 unspecified atom stereocenters. The van der Waals surface area contributed by atoms with Gasteiger partial charge in [0.25, 0.3) is 0 Å². The molecule has 1 fully saturated rings. The van der Waals surface area contributed by atoms with Crippen LogP contribution in [-0.2, 0) is 26.1 Å². The summed E-state index contributed by atoms with van der Waals surface area (Å²) in [4.78, 5) is 15.0. The zero-order valence-electron chi connectivity index (χ0n) is 18.0. The summed E-state index contributed by atoms with van der Waals surface area (Å²) in [5.41, 5.74) is 0.557. The Morgan fingerprint density at radius 1 is 1.12 bits per heavy atom. The molecule has 33 heavy (non-hydrogen) atoms. The zero-order valence-corrected chi connectivity index (χ0v) is 21.9. The van der Waals surface area contributed by atoms with Crippen molar-refractivity contribution in [3.8, 4) is 0 Å². The first-order chi connectivity index (χ1) is 15.8. The van der Waals surface area contributed by atoms with E-state index < -0.39 is 10.0 Å². The molecule has 0 bridgehead atoms. The topological polar surface area (TPSA) is 79.0 Å². The fourth-order valence-electron chi connectivity index (χ4n) is 3.39. The van der Waals surface area contributed by atoms with Gasteiger partial charge in [0.2, 0.25) is 15.9 Å². The Kier molecular flexibility index (Phi) is 9.99. The summed E-state index contributed by atoms with van der Waals surface area (Å²) < 4.78 is 33.9. The molecule has 180 valence electrons. The molecule has 11 heteroatoms. The highest BCUT2D eigenvalue weighted by atomic mass is 79.9. The lowest BCUT2D eigenvalue weighted by atomic mass is 10.2. The smallest absolute Gasteiger partial charge is 0.243 e. The minimum Gasteiger partial charge on any atom is -0.379 e. The van der Waals surface area contributed by atoms with Crippen molar-refractivity contribution in [2.75, 3.05) is 45.9 Å². The van der Waals surface area contributed by atoms with Crippen molar-refractivity contribution in [1.29, 1.82) is 0 Å². The van der Waals surface area contributed by atoms with Gasteiger partial charge in [-0.05, 0) is 54.9 Å². The molecule has 1 amide bonds. The van der Waals surface area contributed by atoms with Crippen LogP contribution in [0.15, 0.2) is 51.8 Å². The highest BCUT2D eigenvalue weighted by molar-refractivity contribution is 9.10. The van der Waals surface area contributed by atoms with Gasteiger partial charge in [0, 0.05) is 40.7 Å².